The molecule has 0 bridgehead atoms. The molecule has 0 saturated heterocycles. The Balaban J connectivity index is 2.27. The molecule has 0 spiro atoms. The third kappa shape index (κ3) is 5.69. The van der Waals surface area contributed by atoms with E-state index in [9.17, 15) is 28.1 Å². The van der Waals surface area contributed by atoms with Crippen molar-refractivity contribution >= 4 is 33.2 Å². The number of non-ortho nitro benzene ring substituents is 1. The highest BCUT2D eigenvalue weighted by molar-refractivity contribution is 7.92. The van der Waals surface area contributed by atoms with Crippen molar-refractivity contribution in [2.75, 3.05) is 32.0 Å². The second-order valence-electron chi connectivity index (χ2n) is 6.26. The van der Waals surface area contributed by atoms with Crippen molar-refractivity contribution in [1.82, 2.24) is 10.2 Å². The maximum absolute atomic E-state index is 12.7. The van der Waals surface area contributed by atoms with Crippen LogP contribution in [0.2, 0.25) is 0 Å². The molecule has 2 N–H and O–H groups in total. The van der Waals surface area contributed by atoms with Crippen molar-refractivity contribution in [2.45, 2.75) is 11.8 Å². The molecule has 0 aliphatic heterocycles. The predicted octanol–water partition coefficient (Wildman–Crippen LogP) is 1.61. The number of likely N-dealkylation sites (N-methyl/N-ethyl adjacent to an activating group) is 2. The highest BCUT2D eigenvalue weighted by Crippen LogP contribution is 2.30. The van der Waals surface area contributed by atoms with Gasteiger partial charge < -0.3 is 15.0 Å². The largest absolute Gasteiger partial charge is 0.495 e. The van der Waals surface area contributed by atoms with Crippen molar-refractivity contribution in [3.05, 3.63) is 58.1 Å². The topological polar surface area (TPSA) is 148 Å². The van der Waals surface area contributed by atoms with Crippen LogP contribution in [-0.2, 0) is 14.8 Å². The summed E-state index contributed by atoms with van der Waals surface area (Å²) in [7, 11) is -1.36. The maximum Gasteiger partial charge on any atom is 0.271 e. The minimum Gasteiger partial charge on any atom is -0.495 e. The number of rotatable bonds is 9. The van der Waals surface area contributed by atoms with E-state index >= 15 is 0 Å². The van der Waals surface area contributed by atoms with Gasteiger partial charge >= 0.3 is 0 Å². The number of hydrogen-bond acceptors (Lipinski definition) is 7. The number of nitrogens with one attached hydrogen (secondary N) is 2. The lowest BCUT2D eigenvalue weighted by Gasteiger charge is -2.20. The molecule has 0 heterocycles. The fraction of sp³-hybridized carbons (Fsp3) is 0.263. The van der Waals surface area contributed by atoms with Crippen LogP contribution in [0.1, 0.15) is 17.3 Å². The van der Waals surface area contributed by atoms with E-state index in [0.29, 0.717) is 6.54 Å². The van der Waals surface area contributed by atoms with E-state index < -0.39 is 20.9 Å². The summed E-state index contributed by atoms with van der Waals surface area (Å²) in [6.07, 6.45) is 0. The molecular formula is C19H22N4O7S. The van der Waals surface area contributed by atoms with Crippen LogP contribution in [0.5, 0.6) is 5.75 Å². The van der Waals surface area contributed by atoms with E-state index in [1.54, 1.807) is 6.92 Å². The first-order valence-electron chi connectivity index (χ1n) is 9.08. The molecule has 0 aliphatic carbocycles. The molecule has 0 atom stereocenters. The van der Waals surface area contributed by atoms with Crippen LogP contribution in [0.4, 0.5) is 11.4 Å². The molecule has 11 nitrogen and oxygen atoms in total. The van der Waals surface area contributed by atoms with Crippen LogP contribution in [0.15, 0.2) is 47.4 Å². The van der Waals surface area contributed by atoms with Crippen LogP contribution in [-0.4, -0.2) is 57.3 Å². The molecule has 2 amide bonds. The van der Waals surface area contributed by atoms with E-state index in [1.165, 1.54) is 55.5 Å². The number of carbonyl (C=O) groups excluding carboxylic acids is 2. The average Bonchev–Trinajstić information content (AvgIpc) is 2.76. The fourth-order valence-electron chi connectivity index (χ4n) is 2.63. The first kappa shape index (κ1) is 23.6. The molecule has 2 rings (SSSR count). The highest BCUT2D eigenvalue weighted by atomic mass is 32.2. The Labute approximate surface area is 179 Å². The Kier molecular flexibility index (Phi) is 7.53. The van der Waals surface area contributed by atoms with Gasteiger partial charge in [-0.25, -0.2) is 8.42 Å². The summed E-state index contributed by atoms with van der Waals surface area (Å²) >= 11 is 0. The van der Waals surface area contributed by atoms with Crippen molar-refractivity contribution in [2.24, 2.45) is 0 Å². The molecule has 0 fully saturated rings. The zero-order valence-electron chi connectivity index (χ0n) is 17.1. The van der Waals surface area contributed by atoms with Crippen LogP contribution in [0, 0.1) is 10.1 Å². The lowest BCUT2D eigenvalue weighted by molar-refractivity contribution is -0.384. The van der Waals surface area contributed by atoms with Crippen molar-refractivity contribution in [3.63, 3.8) is 0 Å². The van der Waals surface area contributed by atoms with Crippen LogP contribution in [0.25, 0.3) is 0 Å². The second-order valence-corrected chi connectivity index (χ2v) is 7.95. The highest BCUT2D eigenvalue weighted by Gasteiger charge is 2.21. The summed E-state index contributed by atoms with van der Waals surface area (Å²) in [5.74, 6) is -0.651. The molecule has 0 unspecified atom stereocenters. The van der Waals surface area contributed by atoms with Crippen LogP contribution < -0.4 is 14.8 Å². The standard InChI is InChI=1S/C19H22N4O7S/c1-4-22(12-18(24)20-2)19(25)13-5-8-15(9-6-13)31(28,29)21-16-11-14(23(26)27)7-10-17(16)30-3/h5-11,21H,4,12H2,1-3H3,(H,20,24). The summed E-state index contributed by atoms with van der Waals surface area (Å²) in [6, 6.07) is 8.63. The number of anilines is 1. The summed E-state index contributed by atoms with van der Waals surface area (Å²) in [5, 5.41) is 13.4. The van der Waals surface area contributed by atoms with Crippen molar-refractivity contribution in [1.29, 1.82) is 0 Å². The van der Waals surface area contributed by atoms with Gasteiger partial charge in [0.2, 0.25) is 5.91 Å². The van der Waals surface area contributed by atoms with E-state index in [4.69, 9.17) is 4.74 Å². The van der Waals surface area contributed by atoms with Gasteiger partial charge in [-0.1, -0.05) is 0 Å². The van der Waals surface area contributed by atoms with Crippen molar-refractivity contribution < 1.29 is 27.7 Å². The Morgan fingerprint density at radius 2 is 1.81 bits per heavy atom. The van der Waals surface area contributed by atoms with Crippen LogP contribution >= 0.6 is 0 Å². The number of ether oxygens (including phenoxy) is 1. The molecule has 12 heteroatoms. The molecular weight excluding hydrogens is 428 g/mol. The zero-order valence-corrected chi connectivity index (χ0v) is 17.9. The molecule has 0 aliphatic rings. The Hall–Kier alpha value is -3.67. The van der Waals surface area contributed by atoms with E-state index in [-0.39, 0.29) is 40.0 Å². The van der Waals surface area contributed by atoms with Gasteiger partial charge in [-0.05, 0) is 37.3 Å². The fourth-order valence-corrected chi connectivity index (χ4v) is 3.69. The quantitative estimate of drug-likeness (QED) is 0.435. The Morgan fingerprint density at radius 3 is 2.32 bits per heavy atom. The molecule has 2 aromatic carbocycles. The number of amides is 2. The number of nitro groups is 1. The summed E-state index contributed by atoms with van der Waals surface area (Å²) in [4.78, 5) is 35.6. The number of nitrogens with zero attached hydrogens (tertiary/aromatic N) is 2. The second kappa shape index (κ2) is 9.89. The predicted molar refractivity (Wildman–Crippen MR) is 113 cm³/mol. The number of carbonyl (C=O) groups is 2. The van der Waals surface area contributed by atoms with Gasteiger partial charge in [0.1, 0.15) is 5.75 Å². The average molecular weight is 450 g/mol. The first-order valence-corrected chi connectivity index (χ1v) is 10.6. The van der Waals surface area contributed by atoms with Crippen molar-refractivity contribution in [3.8, 4) is 5.75 Å². The van der Waals surface area contributed by atoms with Gasteiger partial charge in [-0.2, -0.15) is 0 Å². The van der Waals surface area contributed by atoms with E-state index in [0.717, 1.165) is 6.07 Å². The third-order valence-electron chi connectivity index (χ3n) is 4.33. The lowest BCUT2D eigenvalue weighted by Crippen LogP contribution is -2.39. The number of hydrogen-bond donors (Lipinski definition) is 2. The molecule has 0 saturated carbocycles. The molecule has 0 aromatic heterocycles. The monoisotopic (exact) mass is 450 g/mol. The molecule has 31 heavy (non-hydrogen) atoms. The van der Waals surface area contributed by atoms with Gasteiger partial charge in [0.25, 0.3) is 21.6 Å². The van der Waals surface area contributed by atoms with Gasteiger partial charge in [0.05, 0.1) is 29.2 Å². The number of sulfonamides is 1. The number of nitro benzene ring substituents is 1. The molecule has 2 aromatic rings. The first-order chi connectivity index (χ1) is 14.6. The van der Waals surface area contributed by atoms with Crippen LogP contribution in [0.3, 0.4) is 0 Å². The van der Waals surface area contributed by atoms with Gasteiger partial charge in [-0.3, -0.25) is 24.4 Å². The Morgan fingerprint density at radius 1 is 1.16 bits per heavy atom. The minimum absolute atomic E-state index is 0.0976. The minimum atomic E-state index is -4.12. The van der Waals surface area contributed by atoms with Gasteiger partial charge in [0, 0.05) is 31.3 Å². The third-order valence-corrected chi connectivity index (χ3v) is 5.71. The molecule has 166 valence electrons. The summed E-state index contributed by atoms with van der Waals surface area (Å²) in [5.41, 5.74) is -0.201. The molecule has 0 radical (unpaired) electrons. The smallest absolute Gasteiger partial charge is 0.271 e. The normalized spacial score (nSPS) is 10.8. The summed E-state index contributed by atoms with van der Waals surface area (Å²) in [6.45, 7) is 1.89. The lowest BCUT2D eigenvalue weighted by atomic mass is 10.2. The number of benzene rings is 2. The Bertz CT molecular complexity index is 1080. The van der Waals surface area contributed by atoms with E-state index in [2.05, 4.69) is 10.0 Å². The number of methoxy groups -OCH3 is 1. The summed E-state index contributed by atoms with van der Waals surface area (Å²) < 4.78 is 32.8. The van der Waals surface area contributed by atoms with Gasteiger partial charge in [0.15, 0.2) is 0 Å². The van der Waals surface area contributed by atoms with Gasteiger partial charge in [-0.15, -0.1) is 0 Å². The SMILES string of the molecule is CCN(CC(=O)NC)C(=O)c1ccc(S(=O)(=O)Nc2cc([N+](=O)[O-])ccc2OC)cc1. The van der Waals surface area contributed by atoms with E-state index in [1.807, 2.05) is 0 Å². The maximum atomic E-state index is 12.7. The zero-order chi connectivity index (χ0) is 23.2.